The summed E-state index contributed by atoms with van der Waals surface area (Å²) >= 11 is 0. The van der Waals surface area contributed by atoms with Crippen molar-refractivity contribution < 1.29 is 14.3 Å². The molecule has 2 N–H and O–H groups in total. The van der Waals surface area contributed by atoms with Crippen molar-refractivity contribution in [2.45, 2.75) is 44.8 Å². The molecule has 2 fully saturated rings. The van der Waals surface area contributed by atoms with E-state index >= 15 is 0 Å². The summed E-state index contributed by atoms with van der Waals surface area (Å²) in [5.41, 5.74) is 0. The van der Waals surface area contributed by atoms with Crippen LogP contribution in [0.5, 0.6) is 0 Å². The smallest absolute Gasteiger partial charge is 0.244 e. The summed E-state index contributed by atoms with van der Waals surface area (Å²) in [4.78, 5) is 26.2. The van der Waals surface area contributed by atoms with Crippen LogP contribution < -0.4 is 10.6 Å². The maximum atomic E-state index is 12.4. The molecule has 0 aliphatic carbocycles. The first-order chi connectivity index (χ1) is 9.72. The Morgan fingerprint density at radius 2 is 2.25 bits per heavy atom. The van der Waals surface area contributed by atoms with E-state index in [9.17, 15) is 9.59 Å². The highest BCUT2D eigenvalue weighted by molar-refractivity contribution is 5.88. The molecule has 0 aromatic rings. The SMILES string of the molecule is CCNC(=O)C1CNCCN1C(=O)CC1CCCCO1. The van der Waals surface area contributed by atoms with E-state index in [0.717, 1.165) is 32.4 Å². The highest BCUT2D eigenvalue weighted by Gasteiger charge is 2.32. The molecule has 2 saturated heterocycles. The molecule has 0 bridgehead atoms. The van der Waals surface area contributed by atoms with E-state index in [1.807, 2.05) is 6.92 Å². The Labute approximate surface area is 120 Å². The molecular weight excluding hydrogens is 258 g/mol. The third-order valence-electron chi connectivity index (χ3n) is 3.89. The molecule has 6 heteroatoms. The number of ether oxygens (including phenoxy) is 1. The van der Waals surface area contributed by atoms with Gasteiger partial charge in [-0.05, 0) is 26.2 Å². The van der Waals surface area contributed by atoms with Crippen LogP contribution in [0.15, 0.2) is 0 Å². The molecule has 2 aliphatic heterocycles. The summed E-state index contributed by atoms with van der Waals surface area (Å²) in [7, 11) is 0. The number of likely N-dealkylation sites (N-methyl/N-ethyl adjacent to an activating group) is 1. The molecule has 2 amide bonds. The first kappa shape index (κ1) is 15.3. The van der Waals surface area contributed by atoms with E-state index in [1.54, 1.807) is 4.90 Å². The maximum Gasteiger partial charge on any atom is 0.244 e. The van der Waals surface area contributed by atoms with Crippen LogP contribution in [-0.4, -0.2) is 61.6 Å². The average molecular weight is 283 g/mol. The van der Waals surface area contributed by atoms with Crippen molar-refractivity contribution in [3.05, 3.63) is 0 Å². The lowest BCUT2D eigenvalue weighted by molar-refractivity contribution is -0.144. The normalized spacial score (nSPS) is 27.1. The third kappa shape index (κ3) is 3.93. The monoisotopic (exact) mass is 283 g/mol. The van der Waals surface area contributed by atoms with Crippen LogP contribution in [0.3, 0.4) is 0 Å². The Kier molecular flexibility index (Phi) is 5.79. The molecule has 2 atom stereocenters. The van der Waals surface area contributed by atoms with Crippen LogP contribution in [0.1, 0.15) is 32.6 Å². The predicted molar refractivity (Wildman–Crippen MR) is 75.3 cm³/mol. The Bertz CT molecular complexity index is 343. The van der Waals surface area contributed by atoms with Gasteiger partial charge in [0, 0.05) is 32.8 Å². The van der Waals surface area contributed by atoms with Crippen molar-refractivity contribution in [2.24, 2.45) is 0 Å². The number of nitrogens with zero attached hydrogens (tertiary/aromatic N) is 1. The summed E-state index contributed by atoms with van der Waals surface area (Å²) in [6.07, 6.45) is 3.58. The summed E-state index contributed by atoms with van der Waals surface area (Å²) < 4.78 is 5.62. The van der Waals surface area contributed by atoms with Gasteiger partial charge >= 0.3 is 0 Å². The molecule has 6 nitrogen and oxygen atoms in total. The van der Waals surface area contributed by atoms with Gasteiger partial charge in [0.25, 0.3) is 0 Å². The van der Waals surface area contributed by atoms with Crippen molar-refractivity contribution in [1.82, 2.24) is 15.5 Å². The van der Waals surface area contributed by atoms with Gasteiger partial charge in [-0.25, -0.2) is 0 Å². The van der Waals surface area contributed by atoms with Crippen LogP contribution in [0, 0.1) is 0 Å². The predicted octanol–water partition coefficient (Wildman–Crippen LogP) is -0.118. The summed E-state index contributed by atoms with van der Waals surface area (Å²) in [5, 5.41) is 5.98. The molecule has 0 radical (unpaired) electrons. The van der Waals surface area contributed by atoms with Gasteiger partial charge < -0.3 is 20.3 Å². The summed E-state index contributed by atoms with van der Waals surface area (Å²) in [6, 6.07) is -0.389. The van der Waals surface area contributed by atoms with E-state index in [4.69, 9.17) is 4.74 Å². The summed E-state index contributed by atoms with van der Waals surface area (Å²) in [5.74, 6) is -0.0349. The van der Waals surface area contributed by atoms with E-state index in [1.165, 1.54) is 0 Å². The fourth-order valence-corrected chi connectivity index (χ4v) is 2.81. The minimum atomic E-state index is -0.389. The van der Waals surface area contributed by atoms with E-state index < -0.39 is 0 Å². The van der Waals surface area contributed by atoms with Crippen LogP contribution in [0.4, 0.5) is 0 Å². The fourth-order valence-electron chi connectivity index (χ4n) is 2.81. The van der Waals surface area contributed by atoms with Crippen LogP contribution in [0.2, 0.25) is 0 Å². The van der Waals surface area contributed by atoms with Gasteiger partial charge in [0.1, 0.15) is 6.04 Å². The van der Waals surface area contributed by atoms with Gasteiger partial charge in [-0.3, -0.25) is 9.59 Å². The highest BCUT2D eigenvalue weighted by Crippen LogP contribution is 2.17. The van der Waals surface area contributed by atoms with Gasteiger partial charge in [-0.1, -0.05) is 0 Å². The highest BCUT2D eigenvalue weighted by atomic mass is 16.5. The number of rotatable bonds is 4. The van der Waals surface area contributed by atoms with Crippen molar-refractivity contribution in [2.75, 3.05) is 32.8 Å². The number of nitrogens with one attached hydrogen (secondary N) is 2. The maximum absolute atomic E-state index is 12.4. The number of hydrogen-bond donors (Lipinski definition) is 2. The first-order valence-corrected chi connectivity index (χ1v) is 7.62. The Morgan fingerprint density at radius 1 is 1.40 bits per heavy atom. The van der Waals surface area contributed by atoms with E-state index in [-0.39, 0.29) is 24.0 Å². The summed E-state index contributed by atoms with van der Waals surface area (Å²) in [6.45, 7) is 5.09. The lowest BCUT2D eigenvalue weighted by Crippen LogP contribution is -2.59. The lowest BCUT2D eigenvalue weighted by atomic mass is 10.0. The fraction of sp³-hybridized carbons (Fsp3) is 0.857. The van der Waals surface area contributed by atoms with E-state index in [0.29, 0.717) is 26.1 Å². The zero-order valence-corrected chi connectivity index (χ0v) is 12.2. The van der Waals surface area contributed by atoms with E-state index in [2.05, 4.69) is 10.6 Å². The van der Waals surface area contributed by atoms with Crippen LogP contribution in [0.25, 0.3) is 0 Å². The molecule has 0 aromatic carbocycles. The quantitative estimate of drug-likeness (QED) is 0.755. The second-order valence-electron chi connectivity index (χ2n) is 5.39. The standard InChI is InChI=1S/C14H25N3O3/c1-2-16-14(19)12-10-15-6-7-17(12)13(18)9-11-5-3-4-8-20-11/h11-12,15H,2-10H2,1H3,(H,16,19). The topological polar surface area (TPSA) is 70.7 Å². The van der Waals surface area contributed by atoms with Crippen molar-refractivity contribution in [1.29, 1.82) is 0 Å². The molecule has 0 saturated carbocycles. The molecule has 2 aliphatic rings. The molecule has 20 heavy (non-hydrogen) atoms. The molecule has 2 unspecified atom stereocenters. The minimum absolute atomic E-state index is 0.0287. The zero-order valence-electron chi connectivity index (χ0n) is 12.2. The Hall–Kier alpha value is -1.14. The Morgan fingerprint density at radius 3 is 2.95 bits per heavy atom. The van der Waals surface area contributed by atoms with Gasteiger partial charge in [0.05, 0.1) is 12.5 Å². The molecular formula is C14H25N3O3. The van der Waals surface area contributed by atoms with Gasteiger partial charge in [-0.15, -0.1) is 0 Å². The third-order valence-corrected chi connectivity index (χ3v) is 3.89. The minimum Gasteiger partial charge on any atom is -0.378 e. The largest absolute Gasteiger partial charge is 0.378 e. The molecule has 2 heterocycles. The molecule has 114 valence electrons. The average Bonchev–Trinajstić information content (AvgIpc) is 2.48. The second-order valence-corrected chi connectivity index (χ2v) is 5.39. The van der Waals surface area contributed by atoms with Crippen molar-refractivity contribution in [3.8, 4) is 0 Å². The van der Waals surface area contributed by atoms with Gasteiger partial charge in [0.15, 0.2) is 0 Å². The molecule has 0 aromatic heterocycles. The number of carbonyl (C=O) groups is 2. The van der Waals surface area contributed by atoms with Crippen LogP contribution >= 0.6 is 0 Å². The van der Waals surface area contributed by atoms with Gasteiger partial charge in [0.2, 0.25) is 11.8 Å². The second kappa shape index (κ2) is 7.59. The lowest BCUT2D eigenvalue weighted by Gasteiger charge is -2.36. The van der Waals surface area contributed by atoms with Crippen molar-refractivity contribution >= 4 is 11.8 Å². The molecule has 0 spiro atoms. The number of piperazine rings is 1. The number of amides is 2. The Balaban J connectivity index is 1.92. The molecule has 2 rings (SSSR count). The van der Waals surface area contributed by atoms with Crippen LogP contribution in [-0.2, 0) is 14.3 Å². The zero-order chi connectivity index (χ0) is 14.4. The van der Waals surface area contributed by atoms with Gasteiger partial charge in [-0.2, -0.15) is 0 Å². The number of hydrogen-bond acceptors (Lipinski definition) is 4. The van der Waals surface area contributed by atoms with Crippen molar-refractivity contribution in [3.63, 3.8) is 0 Å². The number of carbonyl (C=O) groups excluding carboxylic acids is 2. The first-order valence-electron chi connectivity index (χ1n) is 7.62.